The fourth-order valence-electron chi connectivity index (χ4n) is 3.63. The van der Waals surface area contributed by atoms with Crippen molar-refractivity contribution >= 4 is 16.8 Å². The van der Waals surface area contributed by atoms with Gasteiger partial charge < -0.3 is 10.1 Å². The van der Waals surface area contributed by atoms with Gasteiger partial charge in [0.05, 0.1) is 24.8 Å². The molecule has 146 valence electrons. The van der Waals surface area contributed by atoms with E-state index in [-0.39, 0.29) is 17.9 Å². The van der Waals surface area contributed by atoms with Gasteiger partial charge in [-0.15, -0.1) is 5.10 Å². The Morgan fingerprint density at radius 2 is 2.21 bits per heavy atom. The van der Waals surface area contributed by atoms with E-state index in [2.05, 4.69) is 42.1 Å². The van der Waals surface area contributed by atoms with Crippen LogP contribution in [-0.2, 0) is 11.2 Å². The van der Waals surface area contributed by atoms with Crippen LogP contribution in [0.2, 0.25) is 0 Å². The summed E-state index contributed by atoms with van der Waals surface area (Å²) in [6, 6.07) is 11.6. The molecular weight excluding hydrogens is 372 g/mol. The molecule has 1 aromatic carbocycles. The van der Waals surface area contributed by atoms with Crippen molar-refractivity contribution in [1.82, 2.24) is 40.7 Å². The summed E-state index contributed by atoms with van der Waals surface area (Å²) < 4.78 is 7.05. The van der Waals surface area contributed by atoms with Gasteiger partial charge in [0.15, 0.2) is 5.82 Å². The quantitative estimate of drug-likeness (QED) is 0.519. The molecule has 1 saturated heterocycles. The Balaban J connectivity index is 1.30. The molecule has 1 fully saturated rings. The lowest BCUT2D eigenvalue weighted by Crippen LogP contribution is -2.40. The average molecular weight is 390 g/mol. The van der Waals surface area contributed by atoms with Crippen molar-refractivity contribution in [2.45, 2.75) is 12.5 Å². The van der Waals surface area contributed by atoms with E-state index in [0.29, 0.717) is 24.7 Å². The highest BCUT2D eigenvalue weighted by atomic mass is 16.5. The van der Waals surface area contributed by atoms with Crippen LogP contribution < -0.4 is 5.32 Å². The number of carbonyl (C=O) groups excluding carboxylic acids is 1. The number of carbonyl (C=O) groups is 1. The molecule has 4 aromatic rings. The molecule has 29 heavy (non-hydrogen) atoms. The van der Waals surface area contributed by atoms with E-state index in [9.17, 15) is 4.79 Å². The van der Waals surface area contributed by atoms with Gasteiger partial charge in [-0.25, -0.2) is 0 Å². The van der Waals surface area contributed by atoms with Crippen LogP contribution in [0.5, 0.6) is 0 Å². The molecule has 0 unspecified atom stereocenters. The molecule has 0 aliphatic carbocycles. The molecule has 2 atom stereocenters. The minimum absolute atomic E-state index is 0.0887. The summed E-state index contributed by atoms with van der Waals surface area (Å²) in [4.78, 5) is 17.1. The summed E-state index contributed by atoms with van der Waals surface area (Å²) >= 11 is 0. The van der Waals surface area contributed by atoms with Crippen LogP contribution in [0.15, 0.2) is 48.9 Å². The molecule has 0 spiro atoms. The van der Waals surface area contributed by atoms with Crippen LogP contribution in [-0.4, -0.2) is 60.6 Å². The smallest absolute Gasteiger partial charge is 0.269 e. The highest BCUT2D eigenvalue weighted by molar-refractivity contribution is 5.93. The van der Waals surface area contributed by atoms with Gasteiger partial charge in [-0.2, -0.15) is 9.78 Å². The highest BCUT2D eigenvalue weighted by Gasteiger charge is 2.30. The van der Waals surface area contributed by atoms with Crippen LogP contribution >= 0.6 is 0 Å². The summed E-state index contributed by atoms with van der Waals surface area (Å²) in [5.41, 5.74) is 2.51. The van der Waals surface area contributed by atoms with Crippen LogP contribution in [0.1, 0.15) is 16.1 Å². The minimum atomic E-state index is -0.239. The van der Waals surface area contributed by atoms with Crippen molar-refractivity contribution in [3.63, 3.8) is 0 Å². The van der Waals surface area contributed by atoms with Crippen molar-refractivity contribution in [3.05, 3.63) is 60.2 Å². The number of ether oxygens (including phenoxy) is 1. The Hall–Kier alpha value is -3.66. The van der Waals surface area contributed by atoms with Gasteiger partial charge >= 0.3 is 0 Å². The van der Waals surface area contributed by atoms with Crippen molar-refractivity contribution in [2.24, 2.45) is 5.92 Å². The van der Waals surface area contributed by atoms with E-state index < -0.39 is 0 Å². The van der Waals surface area contributed by atoms with Crippen molar-refractivity contribution in [2.75, 3.05) is 13.2 Å². The number of fused-ring (bicyclic) bond motifs is 1. The number of H-pyrrole nitrogens is 1. The van der Waals surface area contributed by atoms with Gasteiger partial charge in [-0.3, -0.25) is 14.9 Å². The number of pyridine rings is 1. The molecule has 10 heteroatoms. The number of hydrogen-bond donors (Lipinski definition) is 2. The third-order valence-corrected chi connectivity index (χ3v) is 5.13. The molecule has 2 N–H and O–H groups in total. The van der Waals surface area contributed by atoms with Gasteiger partial charge in [0.1, 0.15) is 12.0 Å². The fourth-order valence-corrected chi connectivity index (χ4v) is 3.63. The second kappa shape index (κ2) is 7.40. The van der Waals surface area contributed by atoms with E-state index in [0.717, 1.165) is 17.3 Å². The summed E-state index contributed by atoms with van der Waals surface area (Å²) in [7, 11) is 0. The van der Waals surface area contributed by atoms with E-state index in [1.54, 1.807) is 6.07 Å². The molecule has 0 radical (unpaired) electrons. The predicted molar refractivity (Wildman–Crippen MR) is 102 cm³/mol. The van der Waals surface area contributed by atoms with Gasteiger partial charge in [0.25, 0.3) is 5.91 Å². The topological polar surface area (TPSA) is 124 Å². The van der Waals surface area contributed by atoms with Crippen molar-refractivity contribution < 1.29 is 9.53 Å². The summed E-state index contributed by atoms with van der Waals surface area (Å²) in [6.07, 6.45) is 4.04. The lowest BCUT2D eigenvalue weighted by Gasteiger charge is -2.19. The third-order valence-electron chi connectivity index (χ3n) is 5.13. The van der Waals surface area contributed by atoms with Crippen LogP contribution in [0.25, 0.3) is 16.7 Å². The third kappa shape index (κ3) is 3.45. The average Bonchev–Trinajstić information content (AvgIpc) is 3.50. The first-order chi connectivity index (χ1) is 14.3. The van der Waals surface area contributed by atoms with Crippen LogP contribution in [0.3, 0.4) is 0 Å². The molecular formula is C19H18N8O2. The number of tetrazole rings is 1. The van der Waals surface area contributed by atoms with E-state index >= 15 is 0 Å². The number of amides is 1. The van der Waals surface area contributed by atoms with Crippen molar-refractivity contribution in [1.29, 1.82) is 0 Å². The Labute approximate surface area is 165 Å². The summed E-state index contributed by atoms with van der Waals surface area (Å²) in [6.45, 7) is 1.08. The standard InChI is InChI=1S/C19H18N8O2/c28-19(16-8-18(24-23-16)27-11-21-25-26-27)22-17-10-29-9-13(17)7-12-5-6-20-15-4-2-1-3-14(12)15/h1-6,8,11,13,17H,7,9-10H2,(H,22,28)(H,23,24)/t13-,17+/m1/s1. The molecule has 0 bridgehead atoms. The Morgan fingerprint density at radius 1 is 1.28 bits per heavy atom. The van der Waals surface area contributed by atoms with Crippen LogP contribution in [0.4, 0.5) is 0 Å². The van der Waals surface area contributed by atoms with Gasteiger partial charge in [0.2, 0.25) is 0 Å². The second-order valence-electron chi connectivity index (χ2n) is 6.96. The first-order valence-corrected chi connectivity index (χ1v) is 9.28. The first-order valence-electron chi connectivity index (χ1n) is 9.28. The highest BCUT2D eigenvalue weighted by Crippen LogP contribution is 2.24. The Kier molecular flexibility index (Phi) is 4.45. The number of benzene rings is 1. The van der Waals surface area contributed by atoms with Gasteiger partial charge in [0, 0.05) is 23.6 Å². The van der Waals surface area contributed by atoms with E-state index in [1.807, 2.05) is 30.5 Å². The molecule has 3 aromatic heterocycles. The maximum atomic E-state index is 12.7. The number of hydrogen-bond acceptors (Lipinski definition) is 7. The van der Waals surface area contributed by atoms with Crippen molar-refractivity contribution in [3.8, 4) is 5.82 Å². The van der Waals surface area contributed by atoms with E-state index in [1.165, 1.54) is 16.6 Å². The number of nitrogens with one attached hydrogen (secondary N) is 2. The number of aromatic amines is 1. The second-order valence-corrected chi connectivity index (χ2v) is 6.96. The minimum Gasteiger partial charge on any atom is -0.379 e. The molecule has 5 rings (SSSR count). The Bertz CT molecular complexity index is 1130. The zero-order valence-corrected chi connectivity index (χ0v) is 15.4. The number of para-hydroxylation sites is 1. The zero-order valence-electron chi connectivity index (χ0n) is 15.4. The molecule has 0 saturated carbocycles. The van der Waals surface area contributed by atoms with Crippen LogP contribution in [0, 0.1) is 5.92 Å². The first kappa shape index (κ1) is 17.4. The van der Waals surface area contributed by atoms with E-state index in [4.69, 9.17) is 4.74 Å². The summed E-state index contributed by atoms with van der Waals surface area (Å²) in [5, 5.41) is 21.9. The normalized spacial score (nSPS) is 18.9. The molecule has 1 aliphatic rings. The number of nitrogens with zero attached hydrogens (tertiary/aromatic N) is 6. The van der Waals surface area contributed by atoms with Gasteiger partial charge in [-0.05, 0) is 34.5 Å². The number of rotatable bonds is 5. The SMILES string of the molecule is O=C(N[C@H]1COC[C@H]1Cc1ccnc2ccccc12)c1cc(-n2cnnn2)n[nH]1. The molecule has 10 nitrogen and oxygen atoms in total. The molecule has 1 amide bonds. The Morgan fingerprint density at radius 3 is 3.10 bits per heavy atom. The predicted octanol–water partition coefficient (Wildman–Crippen LogP) is 0.921. The molecule has 4 heterocycles. The summed E-state index contributed by atoms with van der Waals surface area (Å²) in [5.74, 6) is 0.381. The number of aromatic nitrogens is 7. The lowest BCUT2D eigenvalue weighted by molar-refractivity contribution is 0.0920. The maximum Gasteiger partial charge on any atom is 0.269 e. The lowest BCUT2D eigenvalue weighted by atomic mass is 9.93. The van der Waals surface area contributed by atoms with Gasteiger partial charge in [-0.1, -0.05) is 18.2 Å². The monoisotopic (exact) mass is 390 g/mol. The zero-order chi connectivity index (χ0) is 19.6. The largest absolute Gasteiger partial charge is 0.379 e. The fraction of sp³-hybridized carbons (Fsp3) is 0.263. The molecule has 1 aliphatic heterocycles. The maximum absolute atomic E-state index is 12.7.